The molecule has 0 bridgehead atoms. The first-order chi connectivity index (χ1) is 5.70. The number of hydrogen-bond donors (Lipinski definition) is 1. The van der Waals surface area contributed by atoms with Crippen molar-refractivity contribution in [3.8, 4) is 0 Å². The summed E-state index contributed by atoms with van der Waals surface area (Å²) in [6, 6.07) is 7.64. The van der Waals surface area contributed by atoms with Crippen LogP contribution >= 0.6 is 27.5 Å². The van der Waals surface area contributed by atoms with E-state index in [1.165, 1.54) is 0 Å². The van der Waals surface area contributed by atoms with Crippen LogP contribution in [-0.4, -0.2) is 5.37 Å². The molecule has 0 aliphatic heterocycles. The number of benzene rings is 1. The van der Waals surface area contributed by atoms with Gasteiger partial charge in [-0.15, -0.1) is 0 Å². The Balaban J connectivity index is 2.63. The normalized spacial score (nSPS) is 9.50. The van der Waals surface area contributed by atoms with Gasteiger partial charge in [0.2, 0.25) is 0 Å². The summed E-state index contributed by atoms with van der Waals surface area (Å²) < 4.78 is 0.968. The first kappa shape index (κ1) is 9.55. The number of carbonyl (C=O) groups excluding carboxylic acids is 1. The molecule has 0 saturated carbocycles. The van der Waals surface area contributed by atoms with Gasteiger partial charge in [-0.2, -0.15) is 0 Å². The number of amides is 1. The maximum atomic E-state index is 10.4. The molecule has 0 aliphatic rings. The average molecular weight is 249 g/mol. The lowest BCUT2D eigenvalue weighted by Gasteiger charge is -2.02. The van der Waals surface area contributed by atoms with Gasteiger partial charge in [0.25, 0.3) is 0 Å². The molecule has 0 aromatic heterocycles. The zero-order valence-corrected chi connectivity index (χ0v) is 8.52. The molecule has 4 heteroatoms. The van der Waals surface area contributed by atoms with Gasteiger partial charge in [-0.3, -0.25) is 4.79 Å². The molecule has 0 unspecified atom stereocenters. The first-order valence-electron chi connectivity index (χ1n) is 3.37. The van der Waals surface area contributed by atoms with E-state index in [1.54, 1.807) is 0 Å². The molecule has 1 aromatic carbocycles. The van der Waals surface area contributed by atoms with Crippen molar-refractivity contribution in [1.29, 1.82) is 0 Å². The minimum atomic E-state index is -0.536. The molecule has 64 valence electrons. The van der Waals surface area contributed by atoms with E-state index in [0.29, 0.717) is 6.54 Å². The first-order valence-corrected chi connectivity index (χ1v) is 4.54. The highest BCUT2D eigenvalue weighted by atomic mass is 79.9. The lowest BCUT2D eigenvalue weighted by Crippen LogP contribution is -2.15. The maximum absolute atomic E-state index is 10.4. The summed E-state index contributed by atoms with van der Waals surface area (Å²) in [5.41, 5.74) is 1.01. The monoisotopic (exact) mass is 247 g/mol. The Bertz CT molecular complexity index is 290. The quantitative estimate of drug-likeness (QED) is 0.633. The van der Waals surface area contributed by atoms with Crippen molar-refractivity contribution in [3.63, 3.8) is 0 Å². The van der Waals surface area contributed by atoms with Gasteiger partial charge in [0.1, 0.15) is 0 Å². The lowest BCUT2D eigenvalue weighted by atomic mass is 10.2. The van der Waals surface area contributed by atoms with Crippen molar-refractivity contribution in [3.05, 3.63) is 34.3 Å². The number of rotatable bonds is 2. The SMILES string of the molecule is O=C(Cl)NCc1ccccc1Br. The van der Waals surface area contributed by atoms with Gasteiger partial charge < -0.3 is 5.32 Å². The van der Waals surface area contributed by atoms with Crippen molar-refractivity contribution in [1.82, 2.24) is 5.32 Å². The van der Waals surface area contributed by atoms with E-state index >= 15 is 0 Å². The molecule has 0 fully saturated rings. The summed E-state index contributed by atoms with van der Waals surface area (Å²) >= 11 is 8.47. The molecular weight excluding hydrogens is 241 g/mol. The van der Waals surface area contributed by atoms with Crippen LogP contribution in [0.15, 0.2) is 28.7 Å². The minimum absolute atomic E-state index is 0.448. The van der Waals surface area contributed by atoms with E-state index in [2.05, 4.69) is 21.2 Å². The molecule has 0 spiro atoms. The number of nitrogens with one attached hydrogen (secondary N) is 1. The van der Waals surface area contributed by atoms with Gasteiger partial charge in [0.15, 0.2) is 0 Å². The second kappa shape index (κ2) is 4.48. The summed E-state index contributed by atoms with van der Waals surface area (Å²) in [5, 5.41) is 1.96. The van der Waals surface area contributed by atoms with Gasteiger partial charge in [0.05, 0.1) is 0 Å². The molecule has 1 N–H and O–H groups in total. The van der Waals surface area contributed by atoms with Crippen LogP contribution in [0.5, 0.6) is 0 Å². The average Bonchev–Trinajstić information content (AvgIpc) is 2.03. The maximum Gasteiger partial charge on any atom is 0.314 e. The van der Waals surface area contributed by atoms with Gasteiger partial charge in [0, 0.05) is 11.0 Å². The van der Waals surface area contributed by atoms with E-state index < -0.39 is 5.37 Å². The van der Waals surface area contributed by atoms with Gasteiger partial charge >= 0.3 is 5.37 Å². The Morgan fingerprint density at radius 3 is 2.75 bits per heavy atom. The largest absolute Gasteiger partial charge is 0.338 e. The second-order valence-electron chi connectivity index (χ2n) is 2.22. The Labute approximate surface area is 84.0 Å². The number of halogens is 2. The predicted octanol–water partition coefficient (Wildman–Crippen LogP) is 2.90. The fourth-order valence-corrected chi connectivity index (χ4v) is 1.30. The molecule has 0 heterocycles. The summed E-state index contributed by atoms with van der Waals surface area (Å²) in [6.07, 6.45) is 0. The van der Waals surface area contributed by atoms with Crippen molar-refractivity contribution >= 4 is 32.9 Å². The van der Waals surface area contributed by atoms with E-state index in [4.69, 9.17) is 11.6 Å². The topological polar surface area (TPSA) is 29.1 Å². The van der Waals surface area contributed by atoms with E-state index in [-0.39, 0.29) is 0 Å². The predicted molar refractivity (Wildman–Crippen MR) is 52.2 cm³/mol. The van der Waals surface area contributed by atoms with Crippen LogP contribution in [0.4, 0.5) is 4.79 Å². The molecule has 0 saturated heterocycles. The molecule has 1 amide bonds. The van der Waals surface area contributed by atoms with Gasteiger partial charge in [-0.1, -0.05) is 34.1 Å². The molecule has 1 aromatic rings. The molecular formula is C8H7BrClNO. The van der Waals surface area contributed by atoms with Crippen LogP contribution in [0, 0.1) is 0 Å². The Kier molecular flexibility index (Phi) is 3.56. The van der Waals surface area contributed by atoms with Gasteiger partial charge in [-0.05, 0) is 23.2 Å². The van der Waals surface area contributed by atoms with Crippen molar-refractivity contribution in [2.45, 2.75) is 6.54 Å². The third-order valence-corrected chi connectivity index (χ3v) is 2.28. The van der Waals surface area contributed by atoms with Gasteiger partial charge in [-0.25, -0.2) is 0 Å². The highest BCUT2D eigenvalue weighted by Gasteiger charge is 1.98. The zero-order chi connectivity index (χ0) is 8.97. The van der Waals surface area contributed by atoms with Crippen LogP contribution < -0.4 is 5.32 Å². The molecule has 0 radical (unpaired) electrons. The molecule has 1 rings (SSSR count). The molecule has 2 nitrogen and oxygen atoms in total. The van der Waals surface area contributed by atoms with Crippen LogP contribution in [0.1, 0.15) is 5.56 Å². The summed E-state index contributed by atoms with van der Waals surface area (Å²) in [4.78, 5) is 10.4. The third kappa shape index (κ3) is 2.83. The minimum Gasteiger partial charge on any atom is -0.338 e. The number of hydrogen-bond acceptors (Lipinski definition) is 1. The van der Waals surface area contributed by atoms with Crippen molar-refractivity contribution in [2.24, 2.45) is 0 Å². The Hall–Kier alpha value is -0.540. The van der Waals surface area contributed by atoms with E-state index in [1.807, 2.05) is 24.3 Å². The van der Waals surface area contributed by atoms with Crippen LogP contribution in [0.3, 0.4) is 0 Å². The zero-order valence-electron chi connectivity index (χ0n) is 6.18. The Morgan fingerprint density at radius 1 is 1.50 bits per heavy atom. The van der Waals surface area contributed by atoms with Crippen molar-refractivity contribution in [2.75, 3.05) is 0 Å². The second-order valence-corrected chi connectivity index (χ2v) is 3.42. The fraction of sp³-hybridized carbons (Fsp3) is 0.125. The van der Waals surface area contributed by atoms with Crippen LogP contribution in [0.25, 0.3) is 0 Å². The number of carbonyl (C=O) groups is 1. The summed E-state index contributed by atoms with van der Waals surface area (Å²) in [6.45, 7) is 0.448. The molecule has 12 heavy (non-hydrogen) atoms. The smallest absolute Gasteiger partial charge is 0.314 e. The molecule has 0 atom stereocenters. The van der Waals surface area contributed by atoms with Crippen LogP contribution in [-0.2, 0) is 6.54 Å². The van der Waals surface area contributed by atoms with Crippen LogP contribution in [0.2, 0.25) is 0 Å². The van der Waals surface area contributed by atoms with Crippen molar-refractivity contribution < 1.29 is 4.79 Å². The highest BCUT2D eigenvalue weighted by Crippen LogP contribution is 2.15. The summed E-state index contributed by atoms with van der Waals surface area (Å²) in [7, 11) is 0. The van der Waals surface area contributed by atoms with E-state index in [0.717, 1.165) is 10.0 Å². The fourth-order valence-electron chi connectivity index (χ4n) is 0.806. The summed E-state index contributed by atoms with van der Waals surface area (Å²) in [5.74, 6) is 0. The standard InChI is InChI=1S/C8H7BrClNO/c9-7-4-2-1-3-6(7)5-11-8(10)12/h1-4H,5H2,(H,11,12). The Morgan fingerprint density at radius 2 is 2.17 bits per heavy atom. The highest BCUT2D eigenvalue weighted by molar-refractivity contribution is 9.10. The third-order valence-electron chi connectivity index (χ3n) is 1.38. The molecule has 0 aliphatic carbocycles. The van der Waals surface area contributed by atoms with E-state index in [9.17, 15) is 4.79 Å². The lowest BCUT2D eigenvalue weighted by molar-refractivity contribution is 0.259.